The van der Waals surface area contributed by atoms with E-state index in [0.717, 1.165) is 16.3 Å². The van der Waals surface area contributed by atoms with Crippen LogP contribution in [0.1, 0.15) is 15.9 Å². The first kappa shape index (κ1) is 15.4. The van der Waals surface area contributed by atoms with E-state index in [0.29, 0.717) is 0 Å². The second-order valence-electron chi connectivity index (χ2n) is 5.11. The molecule has 3 aromatic rings. The molecule has 3 aromatic carbocycles. The molecule has 0 aliphatic rings. The van der Waals surface area contributed by atoms with E-state index in [1.165, 1.54) is 30.5 Å². The van der Waals surface area contributed by atoms with Crippen molar-refractivity contribution in [2.45, 2.75) is 0 Å². The van der Waals surface area contributed by atoms with Crippen molar-refractivity contribution < 1.29 is 9.72 Å². The minimum atomic E-state index is -0.547. The van der Waals surface area contributed by atoms with Crippen molar-refractivity contribution in [3.05, 3.63) is 88.0 Å². The lowest BCUT2D eigenvalue weighted by Gasteiger charge is -2.01. The Labute approximate surface area is 137 Å². The van der Waals surface area contributed by atoms with Crippen molar-refractivity contribution in [3.8, 4) is 0 Å². The maximum absolute atomic E-state index is 12.0. The highest BCUT2D eigenvalue weighted by Crippen LogP contribution is 2.15. The first-order valence-electron chi connectivity index (χ1n) is 7.20. The Bertz CT molecular complexity index is 951. The third-order valence-electron chi connectivity index (χ3n) is 3.47. The minimum Gasteiger partial charge on any atom is -0.267 e. The number of hydrogen-bond acceptors (Lipinski definition) is 4. The van der Waals surface area contributed by atoms with Gasteiger partial charge in [0.25, 0.3) is 11.6 Å². The number of fused-ring (bicyclic) bond motifs is 1. The average molecular weight is 319 g/mol. The van der Waals surface area contributed by atoms with Crippen molar-refractivity contribution in [1.82, 2.24) is 5.43 Å². The van der Waals surface area contributed by atoms with Crippen LogP contribution in [0.2, 0.25) is 0 Å². The smallest absolute Gasteiger partial charge is 0.267 e. The van der Waals surface area contributed by atoms with E-state index in [1.54, 1.807) is 0 Å². The van der Waals surface area contributed by atoms with Crippen molar-refractivity contribution in [3.63, 3.8) is 0 Å². The molecular weight excluding hydrogens is 306 g/mol. The molecule has 6 nitrogen and oxygen atoms in total. The summed E-state index contributed by atoms with van der Waals surface area (Å²) in [5.41, 5.74) is 3.25. The molecule has 6 heteroatoms. The standard InChI is InChI=1S/C18H13N3O3/c22-18(16-6-3-7-17(11-16)21(23)24)20-19-12-13-8-9-14-4-1-2-5-15(14)10-13/h1-12H,(H,20,22). The fourth-order valence-electron chi connectivity index (χ4n) is 2.28. The summed E-state index contributed by atoms with van der Waals surface area (Å²) in [5, 5.41) is 16.8. The van der Waals surface area contributed by atoms with Gasteiger partial charge in [-0.3, -0.25) is 14.9 Å². The third-order valence-corrected chi connectivity index (χ3v) is 3.47. The number of carbonyl (C=O) groups excluding carboxylic acids is 1. The largest absolute Gasteiger partial charge is 0.271 e. The van der Waals surface area contributed by atoms with Crippen molar-refractivity contribution in [1.29, 1.82) is 0 Å². The summed E-state index contributed by atoms with van der Waals surface area (Å²) < 4.78 is 0. The van der Waals surface area contributed by atoms with Gasteiger partial charge in [-0.25, -0.2) is 5.43 Å². The fraction of sp³-hybridized carbons (Fsp3) is 0. The molecule has 0 aliphatic carbocycles. The van der Waals surface area contributed by atoms with Crippen LogP contribution in [0.5, 0.6) is 0 Å². The van der Waals surface area contributed by atoms with Gasteiger partial charge in [-0.1, -0.05) is 42.5 Å². The number of hydrazone groups is 1. The van der Waals surface area contributed by atoms with Crippen molar-refractivity contribution in [2.24, 2.45) is 5.10 Å². The summed E-state index contributed by atoms with van der Waals surface area (Å²) >= 11 is 0. The number of nitro groups is 1. The first-order valence-corrected chi connectivity index (χ1v) is 7.20. The van der Waals surface area contributed by atoms with Gasteiger partial charge >= 0.3 is 0 Å². The highest BCUT2D eigenvalue weighted by molar-refractivity contribution is 5.96. The molecule has 24 heavy (non-hydrogen) atoms. The molecule has 0 bridgehead atoms. The quantitative estimate of drug-likeness (QED) is 0.453. The van der Waals surface area contributed by atoms with Crippen LogP contribution in [0.4, 0.5) is 5.69 Å². The molecule has 0 atom stereocenters. The normalized spacial score (nSPS) is 10.8. The number of nitrogens with one attached hydrogen (secondary N) is 1. The topological polar surface area (TPSA) is 84.6 Å². The zero-order valence-corrected chi connectivity index (χ0v) is 12.5. The number of nitro benzene ring substituents is 1. The maximum atomic E-state index is 12.0. The first-order chi connectivity index (χ1) is 11.6. The molecule has 0 fully saturated rings. The van der Waals surface area contributed by atoms with Crippen LogP contribution in [-0.2, 0) is 0 Å². The van der Waals surface area contributed by atoms with Gasteiger partial charge in [0.15, 0.2) is 0 Å². The number of non-ortho nitro benzene ring substituents is 1. The van der Waals surface area contributed by atoms with E-state index in [1.807, 2.05) is 42.5 Å². The summed E-state index contributed by atoms with van der Waals surface area (Å²) in [6.07, 6.45) is 1.53. The van der Waals surface area contributed by atoms with Crippen LogP contribution < -0.4 is 5.43 Å². The Morgan fingerprint density at radius 3 is 2.58 bits per heavy atom. The lowest BCUT2D eigenvalue weighted by Crippen LogP contribution is -2.17. The molecule has 3 rings (SSSR count). The second-order valence-corrected chi connectivity index (χ2v) is 5.11. The Kier molecular flexibility index (Phi) is 4.29. The summed E-state index contributed by atoms with van der Waals surface area (Å²) in [5.74, 6) is -0.504. The monoisotopic (exact) mass is 319 g/mol. The number of amides is 1. The van der Waals surface area contributed by atoms with E-state index in [2.05, 4.69) is 10.5 Å². The van der Waals surface area contributed by atoms with Gasteiger partial charge in [-0.2, -0.15) is 5.10 Å². The molecule has 0 aromatic heterocycles. The maximum Gasteiger partial charge on any atom is 0.271 e. The van der Waals surface area contributed by atoms with Gasteiger partial charge in [0, 0.05) is 17.7 Å². The highest BCUT2D eigenvalue weighted by atomic mass is 16.6. The van der Waals surface area contributed by atoms with Gasteiger partial charge in [0.2, 0.25) is 0 Å². The average Bonchev–Trinajstić information content (AvgIpc) is 2.61. The Balaban J connectivity index is 1.71. The number of carbonyl (C=O) groups is 1. The van der Waals surface area contributed by atoms with Gasteiger partial charge in [-0.05, 0) is 28.5 Å². The van der Waals surface area contributed by atoms with Crippen LogP contribution in [-0.4, -0.2) is 17.0 Å². The van der Waals surface area contributed by atoms with Crippen LogP contribution in [0.15, 0.2) is 71.8 Å². The van der Waals surface area contributed by atoms with E-state index in [-0.39, 0.29) is 11.3 Å². The molecule has 0 saturated heterocycles. The summed E-state index contributed by atoms with van der Waals surface area (Å²) in [6, 6.07) is 19.2. The van der Waals surface area contributed by atoms with E-state index in [4.69, 9.17) is 0 Å². The Hall–Kier alpha value is -3.54. The predicted molar refractivity (Wildman–Crippen MR) is 92.1 cm³/mol. The molecular formula is C18H13N3O3. The predicted octanol–water partition coefficient (Wildman–Crippen LogP) is 3.51. The second kappa shape index (κ2) is 6.70. The van der Waals surface area contributed by atoms with Crippen LogP contribution in [0.3, 0.4) is 0 Å². The van der Waals surface area contributed by atoms with Gasteiger partial charge in [0.1, 0.15) is 0 Å². The molecule has 0 saturated carbocycles. The molecule has 0 heterocycles. The van der Waals surface area contributed by atoms with Gasteiger partial charge in [-0.15, -0.1) is 0 Å². The Morgan fingerprint density at radius 1 is 1.00 bits per heavy atom. The molecule has 1 amide bonds. The molecule has 0 aliphatic heterocycles. The fourth-order valence-corrected chi connectivity index (χ4v) is 2.28. The zero-order chi connectivity index (χ0) is 16.9. The molecule has 0 radical (unpaired) electrons. The van der Waals surface area contributed by atoms with Gasteiger partial charge in [0.05, 0.1) is 11.1 Å². The number of rotatable bonds is 4. The molecule has 118 valence electrons. The summed E-state index contributed by atoms with van der Waals surface area (Å²) in [7, 11) is 0. The minimum absolute atomic E-state index is 0.138. The van der Waals surface area contributed by atoms with E-state index < -0.39 is 10.8 Å². The third kappa shape index (κ3) is 3.44. The van der Waals surface area contributed by atoms with Crippen molar-refractivity contribution >= 4 is 28.6 Å². The van der Waals surface area contributed by atoms with Crippen LogP contribution >= 0.6 is 0 Å². The number of hydrogen-bond donors (Lipinski definition) is 1. The van der Waals surface area contributed by atoms with Crippen molar-refractivity contribution in [2.75, 3.05) is 0 Å². The molecule has 1 N–H and O–H groups in total. The lowest BCUT2D eigenvalue weighted by atomic mass is 10.1. The molecule has 0 unspecified atom stereocenters. The van der Waals surface area contributed by atoms with Crippen LogP contribution in [0.25, 0.3) is 10.8 Å². The zero-order valence-electron chi connectivity index (χ0n) is 12.5. The Morgan fingerprint density at radius 2 is 1.79 bits per heavy atom. The summed E-state index contributed by atoms with van der Waals surface area (Å²) in [6.45, 7) is 0. The highest BCUT2D eigenvalue weighted by Gasteiger charge is 2.10. The lowest BCUT2D eigenvalue weighted by molar-refractivity contribution is -0.384. The van der Waals surface area contributed by atoms with Gasteiger partial charge < -0.3 is 0 Å². The van der Waals surface area contributed by atoms with Crippen LogP contribution in [0, 0.1) is 10.1 Å². The van der Waals surface area contributed by atoms with E-state index >= 15 is 0 Å². The number of benzene rings is 3. The number of nitrogens with zero attached hydrogens (tertiary/aromatic N) is 2. The summed E-state index contributed by atoms with van der Waals surface area (Å²) in [4.78, 5) is 22.2. The SMILES string of the molecule is O=C(NN=Cc1ccc2ccccc2c1)c1cccc([N+](=O)[O-])c1. The molecule has 0 spiro atoms. The van der Waals surface area contributed by atoms with E-state index in [9.17, 15) is 14.9 Å².